The second-order valence-corrected chi connectivity index (χ2v) is 17.0. The number of allylic oxidation sites excluding steroid dienone is 1. The summed E-state index contributed by atoms with van der Waals surface area (Å²) in [6.07, 6.45) is 11.6. The predicted octanol–water partition coefficient (Wildman–Crippen LogP) is 10.5. The molecule has 0 spiro atoms. The monoisotopic (exact) mass is 808 g/mol. The summed E-state index contributed by atoms with van der Waals surface area (Å²) < 4.78 is 26.9. The van der Waals surface area contributed by atoms with E-state index in [4.69, 9.17) is 28.9 Å². The molecule has 0 bridgehead atoms. The van der Waals surface area contributed by atoms with Gasteiger partial charge in [-0.25, -0.2) is 4.79 Å². The maximum atomic E-state index is 14.2. The quantitative estimate of drug-likeness (QED) is 0.0658. The van der Waals surface area contributed by atoms with Gasteiger partial charge in [0.25, 0.3) is 0 Å². The number of amides is 1. The van der Waals surface area contributed by atoms with E-state index < -0.39 is 29.4 Å². The van der Waals surface area contributed by atoms with E-state index in [0.717, 1.165) is 59.1 Å². The van der Waals surface area contributed by atoms with Crippen LogP contribution in [0.25, 0.3) is 10.8 Å². The fourth-order valence-electron chi connectivity index (χ4n) is 9.20. The van der Waals surface area contributed by atoms with Crippen LogP contribution in [-0.4, -0.2) is 77.3 Å². The van der Waals surface area contributed by atoms with Crippen molar-refractivity contribution < 1.29 is 38.8 Å². The van der Waals surface area contributed by atoms with E-state index in [9.17, 15) is 15.0 Å². The van der Waals surface area contributed by atoms with Crippen LogP contribution in [0.1, 0.15) is 97.0 Å². The number of fused-ring (bicyclic) bond motifs is 3. The first-order chi connectivity index (χ1) is 28.6. The number of rotatable bonds is 20. The minimum Gasteiger partial charge on any atom is -0.459 e. The first-order valence-corrected chi connectivity index (χ1v) is 21.5. The van der Waals surface area contributed by atoms with E-state index in [-0.39, 0.29) is 44.2 Å². The normalized spacial score (nSPS) is 24.0. The molecule has 6 rings (SSSR count). The summed E-state index contributed by atoms with van der Waals surface area (Å²) in [4.78, 5) is 22.2. The second-order valence-electron chi connectivity index (χ2n) is 17.0. The highest BCUT2D eigenvalue weighted by molar-refractivity contribution is 6.03. The minimum atomic E-state index is -1.36. The van der Waals surface area contributed by atoms with E-state index in [1.54, 1.807) is 17.1 Å². The molecular weight excluding hydrogens is 745 g/mol. The maximum Gasteiger partial charge on any atom is 0.410 e. The molecule has 1 saturated carbocycles. The van der Waals surface area contributed by atoms with Crippen molar-refractivity contribution in [2.75, 3.05) is 33.0 Å². The first-order valence-electron chi connectivity index (χ1n) is 21.5. The highest BCUT2D eigenvalue weighted by atomic mass is 16.7. The van der Waals surface area contributed by atoms with E-state index in [1.807, 2.05) is 58.0 Å². The van der Waals surface area contributed by atoms with Gasteiger partial charge in [-0.05, 0) is 118 Å². The summed E-state index contributed by atoms with van der Waals surface area (Å²) in [5.74, 6) is 0.295. The smallest absolute Gasteiger partial charge is 0.410 e. The van der Waals surface area contributed by atoms with E-state index in [1.165, 1.54) is 0 Å². The molecule has 1 aliphatic heterocycles. The molecule has 318 valence electrons. The number of oxime groups is 1. The number of carbonyl (C=O) groups excluding carboxylic acids is 1. The largest absolute Gasteiger partial charge is 0.459 e. The Bertz CT molecular complexity index is 1970. The number of carbonyl (C=O) groups is 1. The molecule has 2 N–H and O–H groups in total. The standard InChI is InChI=1S/C49H64N2O8/c1-7-10-29-55-47(54)51(25-8-2)44-33-42(50-59-48(4,5)6)40-31-36(19-13-15-26-52)39(20-14-16-27-53)45-41-32-38(57-37-22-21-34-17-11-12-18-35(34)30-37)23-24-43(41)58-49(44,46(40)45)56-28-9-3/h7,9,11-12,17-18,21-24,30-32,36,39,44-46,52-53H,1,3,8,10,13-16,19-20,25-29,33H2,2,4-6H3. The average molecular weight is 809 g/mol. The second kappa shape index (κ2) is 20.1. The van der Waals surface area contributed by atoms with Gasteiger partial charge in [-0.3, -0.25) is 4.90 Å². The highest BCUT2D eigenvalue weighted by Gasteiger charge is 2.65. The summed E-state index contributed by atoms with van der Waals surface area (Å²) in [6, 6.07) is 19.7. The highest BCUT2D eigenvalue weighted by Crippen LogP contribution is 2.62. The summed E-state index contributed by atoms with van der Waals surface area (Å²) >= 11 is 0. The molecule has 0 aromatic heterocycles. The van der Waals surface area contributed by atoms with E-state index in [0.29, 0.717) is 50.1 Å². The zero-order valence-electron chi connectivity index (χ0n) is 35.4. The van der Waals surface area contributed by atoms with Crippen LogP contribution in [0.15, 0.2) is 103 Å². The molecule has 2 aliphatic carbocycles. The summed E-state index contributed by atoms with van der Waals surface area (Å²) in [5.41, 5.74) is 2.14. The number of unbranched alkanes of at least 4 members (excludes halogenated alkanes) is 2. The van der Waals surface area contributed by atoms with Gasteiger partial charge in [0, 0.05) is 37.7 Å². The van der Waals surface area contributed by atoms with Gasteiger partial charge in [0.05, 0.1) is 24.8 Å². The average Bonchev–Trinajstić information content (AvgIpc) is 3.22. The Hall–Kier alpha value is -4.64. The number of ether oxygens (including phenoxy) is 4. The molecule has 10 nitrogen and oxygen atoms in total. The van der Waals surface area contributed by atoms with Crippen molar-refractivity contribution in [1.29, 1.82) is 0 Å². The van der Waals surface area contributed by atoms with Crippen LogP contribution in [0.5, 0.6) is 17.2 Å². The predicted molar refractivity (Wildman–Crippen MR) is 233 cm³/mol. The Morgan fingerprint density at radius 3 is 2.41 bits per heavy atom. The number of aliphatic hydroxyl groups excluding tert-OH is 2. The minimum absolute atomic E-state index is 0.0852. The van der Waals surface area contributed by atoms with Crippen molar-refractivity contribution in [3.63, 3.8) is 0 Å². The Kier molecular flexibility index (Phi) is 14.9. The maximum absolute atomic E-state index is 14.2. The molecule has 3 aromatic rings. The molecule has 10 heteroatoms. The molecule has 59 heavy (non-hydrogen) atoms. The number of nitrogens with zero attached hydrogens (tertiary/aromatic N) is 2. The van der Waals surface area contributed by atoms with Crippen LogP contribution in [0.3, 0.4) is 0 Å². The molecule has 1 fully saturated rings. The SMILES string of the molecule is C=CCCOC(=O)N(CCC)C1CC(=NOC(C)(C)C)C2=CC(CCCCO)C(CCCCO)C3c4cc(Oc5ccc6ccccc6c5)ccc4OC1(OCC=C)C23. The lowest BCUT2D eigenvalue weighted by Gasteiger charge is -2.60. The van der Waals surface area contributed by atoms with Crippen LogP contribution < -0.4 is 9.47 Å². The van der Waals surface area contributed by atoms with Crippen LogP contribution in [0.4, 0.5) is 4.79 Å². The molecule has 6 unspecified atom stereocenters. The number of aliphatic hydroxyl groups is 2. The van der Waals surface area contributed by atoms with Gasteiger partial charge in [-0.15, -0.1) is 13.2 Å². The van der Waals surface area contributed by atoms with Gasteiger partial charge >= 0.3 is 6.09 Å². The van der Waals surface area contributed by atoms with E-state index >= 15 is 0 Å². The van der Waals surface area contributed by atoms with Crippen molar-refractivity contribution >= 4 is 22.6 Å². The van der Waals surface area contributed by atoms with Gasteiger partial charge in [0.2, 0.25) is 5.79 Å². The summed E-state index contributed by atoms with van der Waals surface area (Å²) in [6.45, 7) is 16.8. The number of hydrogen-bond acceptors (Lipinski definition) is 9. The van der Waals surface area contributed by atoms with Crippen LogP contribution in [0, 0.1) is 17.8 Å². The summed E-state index contributed by atoms with van der Waals surface area (Å²) in [5, 5.41) is 27.0. The van der Waals surface area contributed by atoms with Crippen molar-refractivity contribution in [2.24, 2.45) is 22.9 Å². The Morgan fingerprint density at radius 1 is 0.966 bits per heavy atom. The molecular formula is C49H64N2O8. The van der Waals surface area contributed by atoms with Crippen molar-refractivity contribution in [3.8, 4) is 17.2 Å². The molecule has 3 aliphatic rings. The van der Waals surface area contributed by atoms with Crippen LogP contribution >= 0.6 is 0 Å². The lowest BCUT2D eigenvalue weighted by Crippen LogP contribution is -2.70. The molecule has 3 aromatic carbocycles. The summed E-state index contributed by atoms with van der Waals surface area (Å²) in [7, 11) is 0. The third-order valence-corrected chi connectivity index (χ3v) is 11.7. The Balaban J connectivity index is 1.58. The van der Waals surface area contributed by atoms with Crippen molar-refractivity contribution in [3.05, 3.63) is 103 Å². The zero-order chi connectivity index (χ0) is 42.0. The lowest BCUT2D eigenvalue weighted by atomic mass is 9.55. The number of benzene rings is 3. The molecule has 0 saturated heterocycles. The van der Waals surface area contributed by atoms with Gasteiger partial charge in [-0.1, -0.05) is 73.5 Å². The fraction of sp³-hybridized carbons (Fsp3) is 0.510. The van der Waals surface area contributed by atoms with Gasteiger partial charge in [0.15, 0.2) is 0 Å². The van der Waals surface area contributed by atoms with Gasteiger partial charge < -0.3 is 34.0 Å². The molecule has 0 radical (unpaired) electrons. The Morgan fingerprint density at radius 2 is 1.69 bits per heavy atom. The topological polar surface area (TPSA) is 119 Å². The van der Waals surface area contributed by atoms with Crippen molar-refractivity contribution in [2.45, 2.75) is 109 Å². The van der Waals surface area contributed by atoms with Gasteiger partial charge in [0.1, 0.15) is 28.9 Å². The third kappa shape index (κ3) is 10.0. The first kappa shape index (κ1) is 43.9. The molecule has 1 heterocycles. The van der Waals surface area contributed by atoms with Gasteiger partial charge in [-0.2, -0.15) is 0 Å². The lowest BCUT2D eigenvalue weighted by molar-refractivity contribution is -0.255. The Labute approximate surface area is 350 Å². The molecule has 1 amide bonds. The fourth-order valence-corrected chi connectivity index (χ4v) is 9.20. The van der Waals surface area contributed by atoms with Crippen molar-refractivity contribution in [1.82, 2.24) is 4.90 Å². The van der Waals surface area contributed by atoms with Crippen LogP contribution in [-0.2, 0) is 14.3 Å². The zero-order valence-corrected chi connectivity index (χ0v) is 35.4. The van der Waals surface area contributed by atoms with Crippen LogP contribution in [0.2, 0.25) is 0 Å². The molecule has 6 atom stereocenters. The van der Waals surface area contributed by atoms with E-state index in [2.05, 4.69) is 49.6 Å². The number of hydrogen-bond donors (Lipinski definition) is 2. The third-order valence-electron chi connectivity index (χ3n) is 11.7.